The number of rotatable bonds is 4. The molecule has 1 saturated heterocycles. The fraction of sp³-hybridized carbons (Fsp3) is 0.143. The number of H-pyrrole nitrogens is 1. The van der Waals surface area contributed by atoms with Gasteiger partial charge in [-0.05, 0) is 35.2 Å². The van der Waals surface area contributed by atoms with E-state index in [1.54, 1.807) is 36.0 Å². The van der Waals surface area contributed by atoms with Crippen LogP contribution in [0.4, 0.5) is 19.3 Å². The van der Waals surface area contributed by atoms with Gasteiger partial charge in [0.05, 0.1) is 30.0 Å². The lowest BCUT2D eigenvalue weighted by Crippen LogP contribution is -2.30. The molecule has 9 heteroatoms. The number of nitrogens with zero attached hydrogens (tertiary/aromatic N) is 2. The van der Waals surface area contributed by atoms with Crippen molar-refractivity contribution < 1.29 is 18.7 Å². The van der Waals surface area contributed by atoms with Gasteiger partial charge in [-0.3, -0.25) is 4.90 Å². The van der Waals surface area contributed by atoms with Gasteiger partial charge >= 0.3 is 6.03 Å². The molecule has 1 aliphatic heterocycles. The fourth-order valence-corrected chi connectivity index (χ4v) is 4.51. The number of aliphatic hydroxyl groups excluding tert-OH is 1. The molecule has 1 unspecified atom stereocenters. The third-order valence-corrected chi connectivity index (χ3v) is 6.17. The Kier molecular flexibility index (Phi) is 4.48. The van der Waals surface area contributed by atoms with Gasteiger partial charge in [-0.1, -0.05) is 12.1 Å². The second kappa shape index (κ2) is 7.19. The van der Waals surface area contributed by atoms with E-state index in [4.69, 9.17) is 0 Å². The van der Waals surface area contributed by atoms with E-state index in [2.05, 4.69) is 15.3 Å². The van der Waals surface area contributed by atoms with Gasteiger partial charge in [-0.25, -0.2) is 18.6 Å². The molecule has 5 rings (SSSR count). The number of amides is 2. The summed E-state index contributed by atoms with van der Waals surface area (Å²) in [5, 5.41) is 13.6. The van der Waals surface area contributed by atoms with Gasteiger partial charge in [0.1, 0.15) is 0 Å². The van der Waals surface area contributed by atoms with Gasteiger partial charge in [0.2, 0.25) is 0 Å². The SMILES string of the molecule is O=C1NCC(c2ccc(-c3csc(CO)c3)c(F)c2F)N1c1ccc2nc[nH]c2c1. The molecule has 152 valence electrons. The topological polar surface area (TPSA) is 81.2 Å². The number of imidazole rings is 1. The Hall–Kier alpha value is -3.30. The lowest BCUT2D eigenvalue weighted by atomic mass is 9.99. The maximum absolute atomic E-state index is 15.1. The highest BCUT2D eigenvalue weighted by Gasteiger charge is 2.36. The number of carbonyl (C=O) groups excluding carboxylic acids is 1. The molecule has 3 heterocycles. The quantitative estimate of drug-likeness (QED) is 0.454. The van der Waals surface area contributed by atoms with Crippen molar-refractivity contribution in [3.63, 3.8) is 0 Å². The summed E-state index contributed by atoms with van der Waals surface area (Å²) in [7, 11) is 0. The largest absolute Gasteiger partial charge is 0.391 e. The molecule has 0 spiro atoms. The number of aromatic amines is 1. The van der Waals surface area contributed by atoms with Crippen LogP contribution >= 0.6 is 11.3 Å². The molecular formula is C21H16F2N4O2S. The van der Waals surface area contributed by atoms with E-state index in [9.17, 15) is 14.3 Å². The molecule has 1 atom stereocenters. The maximum Gasteiger partial charge on any atom is 0.322 e. The number of halogens is 2. The molecule has 0 bridgehead atoms. The summed E-state index contributed by atoms with van der Waals surface area (Å²) in [6, 6.07) is 8.82. The summed E-state index contributed by atoms with van der Waals surface area (Å²) in [6.45, 7) is 0.000999. The van der Waals surface area contributed by atoms with Crippen LogP contribution in [-0.2, 0) is 6.61 Å². The van der Waals surface area contributed by atoms with E-state index in [0.717, 1.165) is 11.0 Å². The second-order valence-corrected chi connectivity index (χ2v) is 7.96. The molecule has 1 aliphatic rings. The summed E-state index contributed by atoms with van der Waals surface area (Å²) >= 11 is 1.28. The molecule has 6 nitrogen and oxygen atoms in total. The third kappa shape index (κ3) is 2.94. The van der Waals surface area contributed by atoms with Gasteiger partial charge in [0.15, 0.2) is 11.6 Å². The van der Waals surface area contributed by atoms with Crippen molar-refractivity contribution in [3.05, 3.63) is 70.2 Å². The molecule has 30 heavy (non-hydrogen) atoms. The van der Waals surface area contributed by atoms with E-state index in [1.807, 2.05) is 0 Å². The first-order valence-electron chi connectivity index (χ1n) is 9.23. The van der Waals surface area contributed by atoms with Gasteiger partial charge < -0.3 is 15.4 Å². The first-order chi connectivity index (χ1) is 14.6. The van der Waals surface area contributed by atoms with Crippen LogP contribution in [0.25, 0.3) is 22.2 Å². The molecule has 3 N–H and O–H groups in total. The third-order valence-electron chi connectivity index (χ3n) is 5.25. The molecule has 0 radical (unpaired) electrons. The number of thiophene rings is 1. The highest BCUT2D eigenvalue weighted by molar-refractivity contribution is 7.10. The molecule has 0 saturated carbocycles. The predicted octanol–water partition coefficient (Wildman–Crippen LogP) is 4.33. The first kappa shape index (κ1) is 18.7. The van der Waals surface area contributed by atoms with E-state index in [1.165, 1.54) is 28.4 Å². The van der Waals surface area contributed by atoms with Crippen LogP contribution in [-0.4, -0.2) is 27.7 Å². The number of benzene rings is 2. The number of hydrogen-bond donors (Lipinski definition) is 3. The van der Waals surface area contributed by atoms with Crippen LogP contribution in [0, 0.1) is 11.6 Å². The molecule has 0 aliphatic carbocycles. The van der Waals surface area contributed by atoms with E-state index in [-0.39, 0.29) is 30.3 Å². The van der Waals surface area contributed by atoms with Gasteiger partial charge in [-0.15, -0.1) is 11.3 Å². The number of fused-ring (bicyclic) bond motifs is 1. The first-order valence-corrected chi connectivity index (χ1v) is 10.1. The Bertz CT molecular complexity index is 1270. The summed E-state index contributed by atoms with van der Waals surface area (Å²) in [6.07, 6.45) is 1.55. The lowest BCUT2D eigenvalue weighted by Gasteiger charge is -2.24. The average Bonchev–Trinajstić information content (AvgIpc) is 3.48. The zero-order valence-corrected chi connectivity index (χ0v) is 16.3. The monoisotopic (exact) mass is 426 g/mol. The average molecular weight is 426 g/mol. The summed E-state index contributed by atoms with van der Waals surface area (Å²) in [4.78, 5) is 21.7. The van der Waals surface area contributed by atoms with Gasteiger partial charge in [0.25, 0.3) is 0 Å². The van der Waals surface area contributed by atoms with Crippen molar-refractivity contribution in [2.24, 2.45) is 0 Å². The second-order valence-electron chi connectivity index (χ2n) is 6.97. The van der Waals surface area contributed by atoms with Crippen LogP contribution < -0.4 is 10.2 Å². The van der Waals surface area contributed by atoms with Crippen molar-refractivity contribution >= 4 is 34.1 Å². The number of nitrogens with one attached hydrogen (secondary N) is 2. The number of hydrogen-bond acceptors (Lipinski definition) is 4. The minimum atomic E-state index is -0.988. The van der Waals surface area contributed by atoms with Gasteiger partial charge in [0, 0.05) is 28.2 Å². The van der Waals surface area contributed by atoms with E-state index >= 15 is 4.39 Å². The Morgan fingerprint density at radius 2 is 2.07 bits per heavy atom. The van der Waals surface area contributed by atoms with Crippen LogP contribution in [0.1, 0.15) is 16.5 Å². The summed E-state index contributed by atoms with van der Waals surface area (Å²) in [5.41, 5.74) is 2.77. The normalized spacial score (nSPS) is 16.4. The van der Waals surface area contributed by atoms with E-state index < -0.39 is 17.7 Å². The van der Waals surface area contributed by atoms with E-state index in [0.29, 0.717) is 16.1 Å². The number of urea groups is 1. The van der Waals surface area contributed by atoms with Crippen molar-refractivity contribution in [1.82, 2.24) is 15.3 Å². The van der Waals surface area contributed by atoms with Crippen LogP contribution in [0.2, 0.25) is 0 Å². The zero-order valence-electron chi connectivity index (χ0n) is 15.5. The van der Waals surface area contributed by atoms with Crippen molar-refractivity contribution in [1.29, 1.82) is 0 Å². The maximum atomic E-state index is 15.1. The highest BCUT2D eigenvalue weighted by Crippen LogP contribution is 2.36. The molecule has 2 amide bonds. The predicted molar refractivity (Wildman–Crippen MR) is 110 cm³/mol. The van der Waals surface area contributed by atoms with Crippen molar-refractivity contribution in [2.75, 3.05) is 11.4 Å². The number of anilines is 1. The minimum Gasteiger partial charge on any atom is -0.391 e. The number of aliphatic hydroxyl groups is 1. The van der Waals surface area contributed by atoms with Crippen molar-refractivity contribution in [3.8, 4) is 11.1 Å². The molecular weight excluding hydrogens is 410 g/mol. The summed E-state index contributed by atoms with van der Waals surface area (Å²) < 4.78 is 30.0. The van der Waals surface area contributed by atoms with Gasteiger partial charge in [-0.2, -0.15) is 0 Å². The van der Waals surface area contributed by atoms with Crippen LogP contribution in [0.15, 0.2) is 48.1 Å². The Labute approximate surface area is 173 Å². The number of carbonyl (C=O) groups is 1. The number of aromatic nitrogens is 2. The Morgan fingerprint density at radius 3 is 2.87 bits per heavy atom. The molecule has 4 aromatic rings. The minimum absolute atomic E-state index is 0.0944. The summed E-state index contributed by atoms with van der Waals surface area (Å²) in [5.74, 6) is -1.96. The zero-order chi connectivity index (χ0) is 20.8. The molecule has 2 aromatic heterocycles. The fourth-order valence-electron chi connectivity index (χ4n) is 3.77. The standard InChI is InChI=1S/C21H16F2N4O2S/c22-19-14(11-5-13(8-28)30-9-11)2-3-15(20(19)23)18-7-24-21(29)27(18)12-1-4-16-17(6-12)26-10-25-16/h1-6,9-10,18,28H,7-8H2,(H,24,29)(H,25,26). The molecule has 2 aromatic carbocycles. The smallest absolute Gasteiger partial charge is 0.322 e. The highest BCUT2D eigenvalue weighted by atomic mass is 32.1. The van der Waals surface area contributed by atoms with Crippen LogP contribution in [0.3, 0.4) is 0 Å². The Morgan fingerprint density at radius 1 is 1.20 bits per heavy atom. The molecule has 1 fully saturated rings. The van der Waals surface area contributed by atoms with Crippen LogP contribution in [0.5, 0.6) is 0 Å². The Balaban J connectivity index is 1.55. The lowest BCUT2D eigenvalue weighted by molar-refractivity contribution is 0.251. The van der Waals surface area contributed by atoms with Crippen molar-refractivity contribution in [2.45, 2.75) is 12.6 Å².